The number of halogens is 2. The van der Waals surface area contributed by atoms with Gasteiger partial charge in [-0.15, -0.1) is 0 Å². The summed E-state index contributed by atoms with van der Waals surface area (Å²) in [5.41, 5.74) is 1.65. The van der Waals surface area contributed by atoms with Crippen LogP contribution < -0.4 is 5.32 Å². The van der Waals surface area contributed by atoms with E-state index in [0.717, 1.165) is 11.8 Å². The topological polar surface area (TPSA) is 126 Å². The fraction of sp³-hybridized carbons (Fsp3) is 0.290. The molecule has 11 nitrogen and oxygen atoms in total. The van der Waals surface area contributed by atoms with Crippen molar-refractivity contribution in [2.24, 2.45) is 0 Å². The molecule has 0 amide bonds. The first-order chi connectivity index (χ1) is 21.8. The van der Waals surface area contributed by atoms with Gasteiger partial charge in [0.1, 0.15) is 23.5 Å². The van der Waals surface area contributed by atoms with Gasteiger partial charge in [-0.1, -0.05) is 53.7 Å². The molecule has 1 aliphatic rings. The maximum absolute atomic E-state index is 15.0. The SMILES string of the molecule is CP(=O)(OCc1ccccc1)OC1(CNc2nc(-c3cc(-c4ccon4)n(Cc4ccccc4F)n3)ncc2F)CCOCC1. The molecule has 1 saturated heterocycles. The molecule has 0 saturated carbocycles. The minimum absolute atomic E-state index is 0.0855. The Balaban J connectivity index is 1.22. The fourth-order valence-corrected chi connectivity index (χ4v) is 6.42. The lowest BCUT2D eigenvalue weighted by atomic mass is 9.94. The number of hydrogen-bond donors (Lipinski definition) is 1. The summed E-state index contributed by atoms with van der Waals surface area (Å²) in [4.78, 5) is 8.57. The molecule has 0 aliphatic carbocycles. The highest BCUT2D eigenvalue weighted by Gasteiger charge is 2.40. The molecule has 234 valence electrons. The van der Waals surface area contributed by atoms with Gasteiger partial charge in [-0.2, -0.15) is 5.10 Å². The predicted octanol–water partition coefficient (Wildman–Crippen LogP) is 6.34. The van der Waals surface area contributed by atoms with Crippen LogP contribution in [0.25, 0.3) is 22.9 Å². The Hall–Kier alpha value is -4.29. The molecule has 1 atom stereocenters. The lowest BCUT2D eigenvalue weighted by Crippen LogP contribution is -2.44. The molecular formula is C31H31F2N6O5P. The Bertz CT molecular complexity index is 1780. The monoisotopic (exact) mass is 636 g/mol. The summed E-state index contributed by atoms with van der Waals surface area (Å²) >= 11 is 0. The van der Waals surface area contributed by atoms with E-state index < -0.39 is 19.0 Å². The number of nitrogens with zero attached hydrogens (tertiary/aromatic N) is 5. The highest BCUT2D eigenvalue weighted by molar-refractivity contribution is 7.53. The summed E-state index contributed by atoms with van der Waals surface area (Å²) in [5, 5.41) is 11.6. The van der Waals surface area contributed by atoms with E-state index in [0.29, 0.717) is 48.7 Å². The molecule has 2 aromatic carbocycles. The summed E-state index contributed by atoms with van der Waals surface area (Å²) in [5.74, 6) is -1.03. The van der Waals surface area contributed by atoms with Gasteiger partial charge in [-0.05, 0) is 17.7 Å². The van der Waals surface area contributed by atoms with Gasteiger partial charge in [-0.3, -0.25) is 9.25 Å². The summed E-state index contributed by atoms with van der Waals surface area (Å²) < 4.78 is 66.9. The van der Waals surface area contributed by atoms with Crippen LogP contribution in [0.2, 0.25) is 0 Å². The van der Waals surface area contributed by atoms with E-state index >= 15 is 4.39 Å². The van der Waals surface area contributed by atoms with Gasteiger partial charge in [0.2, 0.25) is 0 Å². The van der Waals surface area contributed by atoms with Crippen LogP contribution in [0.4, 0.5) is 14.6 Å². The molecule has 0 radical (unpaired) electrons. The van der Waals surface area contributed by atoms with E-state index in [2.05, 4.69) is 25.5 Å². The Morgan fingerprint density at radius 2 is 1.80 bits per heavy atom. The molecule has 3 aromatic heterocycles. The van der Waals surface area contributed by atoms with Gasteiger partial charge in [0.15, 0.2) is 17.5 Å². The molecule has 6 rings (SSSR count). The average molecular weight is 637 g/mol. The zero-order valence-electron chi connectivity index (χ0n) is 24.4. The number of ether oxygens (including phenoxy) is 1. The molecule has 1 fully saturated rings. The lowest BCUT2D eigenvalue weighted by Gasteiger charge is -2.38. The number of anilines is 1. The normalized spacial score (nSPS) is 15.9. The Morgan fingerprint density at radius 1 is 1.02 bits per heavy atom. The van der Waals surface area contributed by atoms with Crippen molar-refractivity contribution in [3.05, 3.63) is 102 Å². The van der Waals surface area contributed by atoms with E-state index in [-0.39, 0.29) is 37.2 Å². The predicted molar refractivity (Wildman–Crippen MR) is 161 cm³/mol. The van der Waals surface area contributed by atoms with E-state index in [1.165, 1.54) is 19.0 Å². The van der Waals surface area contributed by atoms with E-state index in [4.69, 9.17) is 18.3 Å². The van der Waals surface area contributed by atoms with Crippen molar-refractivity contribution in [3.63, 3.8) is 0 Å². The molecule has 4 heterocycles. The molecule has 1 aliphatic heterocycles. The third kappa shape index (κ3) is 7.51. The standard InChI is InChI=1S/C31H31F2N6O5P/c1-45(40,43-20-22-7-3-2-4-8-22)44-31(12-15-41-16-13-31)21-35-29-25(33)18-34-30(36-29)27-17-28(26-11-14-42-38-26)39(37-27)19-23-9-5-6-10-24(23)32/h2-11,14,17-18H,12-13,15-16,19-21H2,1H3,(H,34,35,36). The summed E-state index contributed by atoms with van der Waals surface area (Å²) in [6, 6.07) is 19.1. The fourth-order valence-electron chi connectivity index (χ4n) is 5.03. The largest absolute Gasteiger partial charge is 0.381 e. The smallest absolute Gasteiger partial charge is 0.328 e. The van der Waals surface area contributed by atoms with Crippen molar-refractivity contribution in [2.45, 2.75) is 31.6 Å². The van der Waals surface area contributed by atoms with Crippen LogP contribution in [0.3, 0.4) is 0 Å². The quantitative estimate of drug-likeness (QED) is 0.155. The first-order valence-corrected chi connectivity index (χ1v) is 16.3. The van der Waals surface area contributed by atoms with E-state index in [1.54, 1.807) is 35.0 Å². The minimum Gasteiger partial charge on any atom is -0.381 e. The third-order valence-corrected chi connectivity index (χ3v) is 8.70. The van der Waals surface area contributed by atoms with Crippen LogP contribution in [-0.4, -0.2) is 56.9 Å². The van der Waals surface area contributed by atoms with Crippen molar-refractivity contribution in [1.29, 1.82) is 0 Å². The highest BCUT2D eigenvalue weighted by Crippen LogP contribution is 2.51. The van der Waals surface area contributed by atoms with Crippen molar-refractivity contribution in [1.82, 2.24) is 24.9 Å². The van der Waals surface area contributed by atoms with Crippen LogP contribution >= 0.6 is 7.60 Å². The summed E-state index contributed by atoms with van der Waals surface area (Å²) in [7, 11) is -3.52. The Morgan fingerprint density at radius 3 is 2.56 bits per heavy atom. The maximum atomic E-state index is 15.0. The number of nitrogens with one attached hydrogen (secondary N) is 1. The Kier molecular flexibility index (Phi) is 9.13. The van der Waals surface area contributed by atoms with Crippen LogP contribution in [-0.2, 0) is 31.5 Å². The number of aromatic nitrogens is 5. The van der Waals surface area contributed by atoms with Crippen molar-refractivity contribution >= 4 is 13.4 Å². The second-order valence-corrected chi connectivity index (χ2v) is 12.7. The first kappa shape index (κ1) is 30.7. The lowest BCUT2D eigenvalue weighted by molar-refractivity contribution is -0.0450. The number of rotatable bonds is 12. The van der Waals surface area contributed by atoms with Crippen molar-refractivity contribution in [3.8, 4) is 22.9 Å². The summed E-state index contributed by atoms with van der Waals surface area (Å²) in [6.45, 7) is 2.50. The first-order valence-electron chi connectivity index (χ1n) is 14.3. The molecular weight excluding hydrogens is 605 g/mol. The zero-order valence-corrected chi connectivity index (χ0v) is 25.3. The molecule has 45 heavy (non-hydrogen) atoms. The van der Waals surface area contributed by atoms with Crippen LogP contribution in [0, 0.1) is 11.6 Å². The number of hydrogen-bond acceptors (Lipinski definition) is 10. The highest BCUT2D eigenvalue weighted by atomic mass is 31.2. The second kappa shape index (κ2) is 13.4. The van der Waals surface area contributed by atoms with Gasteiger partial charge >= 0.3 is 7.60 Å². The molecule has 1 N–H and O–H groups in total. The van der Waals surface area contributed by atoms with Crippen molar-refractivity contribution < 1.29 is 31.7 Å². The number of benzene rings is 2. The van der Waals surface area contributed by atoms with Crippen LogP contribution in [0.15, 0.2) is 83.7 Å². The Labute approximate surface area is 258 Å². The zero-order chi connectivity index (χ0) is 31.3. The van der Waals surface area contributed by atoms with E-state index in [1.807, 2.05) is 30.3 Å². The third-order valence-electron chi connectivity index (χ3n) is 7.38. The van der Waals surface area contributed by atoms with Crippen LogP contribution in [0.1, 0.15) is 24.0 Å². The van der Waals surface area contributed by atoms with E-state index in [9.17, 15) is 8.96 Å². The van der Waals surface area contributed by atoms with Crippen molar-refractivity contribution in [2.75, 3.05) is 31.7 Å². The van der Waals surface area contributed by atoms with Crippen LogP contribution in [0.5, 0.6) is 0 Å². The summed E-state index contributed by atoms with van der Waals surface area (Å²) in [6.07, 6.45) is 3.28. The van der Waals surface area contributed by atoms with Gasteiger partial charge in [-0.25, -0.2) is 18.7 Å². The maximum Gasteiger partial charge on any atom is 0.328 e. The van der Waals surface area contributed by atoms with Gasteiger partial charge in [0.25, 0.3) is 0 Å². The minimum atomic E-state index is -3.52. The average Bonchev–Trinajstić information content (AvgIpc) is 3.72. The molecule has 0 spiro atoms. The molecule has 1 unspecified atom stereocenters. The second-order valence-electron chi connectivity index (χ2n) is 10.7. The molecule has 5 aromatic rings. The van der Waals surface area contributed by atoms with Gasteiger partial charge < -0.3 is 23.6 Å². The van der Waals surface area contributed by atoms with Gasteiger partial charge in [0.05, 0.1) is 30.6 Å². The molecule has 0 bridgehead atoms. The van der Waals surface area contributed by atoms with Gasteiger partial charge in [0, 0.05) is 50.9 Å². The molecule has 14 heteroatoms.